The zero-order valence-electron chi connectivity index (χ0n) is 19.9. The number of hydrogen-bond donors (Lipinski definition) is 1. The van der Waals surface area contributed by atoms with Crippen LogP contribution in [0.2, 0.25) is 5.02 Å². The zero-order chi connectivity index (χ0) is 25.2. The topological polar surface area (TPSA) is 58.6 Å². The zero-order valence-corrected chi connectivity index (χ0v) is 22.3. The summed E-state index contributed by atoms with van der Waals surface area (Å²) in [7, 11) is 0. The van der Waals surface area contributed by atoms with E-state index in [0.29, 0.717) is 23.7 Å². The highest BCUT2D eigenvalue weighted by molar-refractivity contribution is 9.10. The average Bonchev–Trinajstić information content (AvgIpc) is 2.84. The van der Waals surface area contributed by atoms with Gasteiger partial charge in [0.15, 0.2) is 6.61 Å². The first kappa shape index (κ1) is 26.8. The number of carbonyl (C=O) groups excluding carboxylic acids is 2. The van der Waals surface area contributed by atoms with E-state index in [1.54, 1.807) is 29.2 Å². The Morgan fingerprint density at radius 2 is 1.69 bits per heavy atom. The van der Waals surface area contributed by atoms with Crippen LogP contribution in [0.5, 0.6) is 5.75 Å². The van der Waals surface area contributed by atoms with Crippen LogP contribution in [0.25, 0.3) is 0 Å². The van der Waals surface area contributed by atoms with Crippen LogP contribution < -0.4 is 10.1 Å². The van der Waals surface area contributed by atoms with E-state index < -0.39 is 6.04 Å². The van der Waals surface area contributed by atoms with Crippen molar-refractivity contribution >= 4 is 39.3 Å². The van der Waals surface area contributed by atoms with Gasteiger partial charge in [-0.2, -0.15) is 0 Å². The lowest BCUT2D eigenvalue weighted by atomic mass is 10.0. The highest BCUT2D eigenvalue weighted by Gasteiger charge is 2.30. The standard InChI is InChI=1S/C28H30BrClN2O3/c1-20(2)17-31-28(34)26(15-21-8-4-3-5-9-21)32(18-22-10-6-11-23(29)14-22)27(33)19-35-25-13-7-12-24(30)16-25/h3-14,16,20,26H,15,17-19H2,1-2H3,(H,31,34)/t26-/m0/s1. The Labute approximate surface area is 220 Å². The lowest BCUT2D eigenvalue weighted by Crippen LogP contribution is -2.52. The van der Waals surface area contributed by atoms with Crippen LogP contribution in [0.1, 0.15) is 25.0 Å². The molecule has 3 aromatic carbocycles. The number of rotatable bonds is 11. The van der Waals surface area contributed by atoms with E-state index in [1.807, 2.05) is 68.4 Å². The Kier molecular flexibility index (Phi) is 10.2. The Morgan fingerprint density at radius 1 is 0.971 bits per heavy atom. The Morgan fingerprint density at radius 3 is 2.37 bits per heavy atom. The van der Waals surface area contributed by atoms with Gasteiger partial charge in [-0.05, 0) is 47.4 Å². The lowest BCUT2D eigenvalue weighted by Gasteiger charge is -2.31. The van der Waals surface area contributed by atoms with Gasteiger partial charge in [-0.15, -0.1) is 0 Å². The average molecular weight is 558 g/mol. The van der Waals surface area contributed by atoms with Gasteiger partial charge in [-0.25, -0.2) is 0 Å². The molecule has 0 fully saturated rings. The Hall–Kier alpha value is -2.83. The van der Waals surface area contributed by atoms with Gasteiger partial charge in [0.2, 0.25) is 5.91 Å². The van der Waals surface area contributed by atoms with Crippen LogP contribution in [-0.2, 0) is 22.6 Å². The molecule has 0 aliphatic heterocycles. The molecular formula is C28H30BrClN2O3. The van der Waals surface area contributed by atoms with Crippen molar-refractivity contribution in [2.75, 3.05) is 13.2 Å². The molecule has 7 heteroatoms. The fraction of sp³-hybridized carbons (Fsp3) is 0.286. The van der Waals surface area contributed by atoms with Crippen molar-refractivity contribution in [3.8, 4) is 5.75 Å². The van der Waals surface area contributed by atoms with Crippen molar-refractivity contribution in [2.45, 2.75) is 32.9 Å². The summed E-state index contributed by atoms with van der Waals surface area (Å²) in [6, 6.07) is 23.7. The van der Waals surface area contributed by atoms with Crippen molar-refractivity contribution in [3.05, 3.63) is 99.5 Å². The molecule has 1 atom stereocenters. The van der Waals surface area contributed by atoms with Gasteiger partial charge in [0.25, 0.3) is 5.91 Å². The maximum atomic E-state index is 13.5. The first-order valence-corrected chi connectivity index (χ1v) is 12.7. The van der Waals surface area contributed by atoms with E-state index >= 15 is 0 Å². The Bertz CT molecular complexity index is 1120. The molecule has 3 rings (SSSR count). The van der Waals surface area contributed by atoms with E-state index in [9.17, 15) is 9.59 Å². The van der Waals surface area contributed by atoms with E-state index in [4.69, 9.17) is 16.3 Å². The van der Waals surface area contributed by atoms with Crippen molar-refractivity contribution in [3.63, 3.8) is 0 Å². The maximum Gasteiger partial charge on any atom is 0.261 e. The summed E-state index contributed by atoms with van der Waals surface area (Å²) >= 11 is 9.55. The molecular weight excluding hydrogens is 528 g/mol. The van der Waals surface area contributed by atoms with Crippen LogP contribution in [0.3, 0.4) is 0 Å². The first-order chi connectivity index (χ1) is 16.8. The number of halogens is 2. The minimum atomic E-state index is -0.703. The fourth-order valence-corrected chi connectivity index (χ4v) is 4.22. The summed E-state index contributed by atoms with van der Waals surface area (Å²) in [6.07, 6.45) is 0.391. The predicted molar refractivity (Wildman–Crippen MR) is 143 cm³/mol. The van der Waals surface area contributed by atoms with Crippen LogP contribution >= 0.6 is 27.5 Å². The molecule has 0 heterocycles. The minimum Gasteiger partial charge on any atom is -0.484 e. The second-order valence-electron chi connectivity index (χ2n) is 8.74. The van der Waals surface area contributed by atoms with Gasteiger partial charge in [-0.1, -0.05) is 89.9 Å². The second-order valence-corrected chi connectivity index (χ2v) is 10.1. The molecule has 1 N–H and O–H groups in total. The van der Waals surface area contributed by atoms with Gasteiger partial charge in [0.05, 0.1) is 0 Å². The van der Waals surface area contributed by atoms with Crippen LogP contribution in [-0.4, -0.2) is 35.9 Å². The maximum absolute atomic E-state index is 13.5. The van der Waals surface area contributed by atoms with E-state index in [1.165, 1.54) is 0 Å². The molecule has 0 radical (unpaired) electrons. The summed E-state index contributed by atoms with van der Waals surface area (Å²) < 4.78 is 6.66. The molecule has 0 aromatic heterocycles. The number of carbonyl (C=O) groups is 2. The normalized spacial score (nSPS) is 11.7. The molecule has 0 saturated carbocycles. The van der Waals surface area contributed by atoms with Gasteiger partial charge >= 0.3 is 0 Å². The second kappa shape index (κ2) is 13.3. The first-order valence-electron chi connectivity index (χ1n) is 11.6. The molecule has 0 bridgehead atoms. The van der Waals surface area contributed by atoms with Gasteiger partial charge in [0.1, 0.15) is 11.8 Å². The van der Waals surface area contributed by atoms with Crippen LogP contribution in [0.15, 0.2) is 83.3 Å². The predicted octanol–water partition coefficient (Wildman–Crippen LogP) is 5.89. The minimum absolute atomic E-state index is 0.186. The number of nitrogens with zero attached hydrogens (tertiary/aromatic N) is 1. The van der Waals surface area contributed by atoms with Gasteiger partial charge in [0, 0.05) is 29.0 Å². The fourth-order valence-electron chi connectivity index (χ4n) is 3.59. The molecule has 0 aliphatic rings. The third-order valence-corrected chi connectivity index (χ3v) is 6.08. The quantitative estimate of drug-likeness (QED) is 0.320. The number of benzene rings is 3. The summed E-state index contributed by atoms with van der Waals surface area (Å²) in [5.74, 6) is 0.313. The van der Waals surface area contributed by atoms with Crippen molar-refractivity contribution < 1.29 is 14.3 Å². The highest BCUT2D eigenvalue weighted by Crippen LogP contribution is 2.20. The molecule has 0 aliphatic carbocycles. The van der Waals surface area contributed by atoms with Crippen molar-refractivity contribution in [1.82, 2.24) is 10.2 Å². The summed E-state index contributed by atoms with van der Waals surface area (Å²) in [4.78, 5) is 28.5. The van der Waals surface area contributed by atoms with Gasteiger partial charge < -0.3 is 15.0 Å². The van der Waals surface area contributed by atoms with Crippen molar-refractivity contribution in [1.29, 1.82) is 0 Å². The largest absolute Gasteiger partial charge is 0.484 e. The lowest BCUT2D eigenvalue weighted by molar-refractivity contribution is -0.142. The summed E-state index contributed by atoms with van der Waals surface area (Å²) in [5, 5.41) is 3.54. The third kappa shape index (κ3) is 8.71. The van der Waals surface area contributed by atoms with Crippen LogP contribution in [0.4, 0.5) is 0 Å². The molecule has 184 valence electrons. The number of nitrogens with one attached hydrogen (secondary N) is 1. The third-order valence-electron chi connectivity index (χ3n) is 5.36. The molecule has 0 spiro atoms. The molecule has 0 unspecified atom stereocenters. The van der Waals surface area contributed by atoms with Crippen molar-refractivity contribution in [2.24, 2.45) is 5.92 Å². The summed E-state index contributed by atoms with van der Waals surface area (Å²) in [6.45, 7) is 4.66. The summed E-state index contributed by atoms with van der Waals surface area (Å²) in [5.41, 5.74) is 1.88. The number of amides is 2. The van der Waals surface area contributed by atoms with Crippen LogP contribution in [0, 0.1) is 5.92 Å². The molecule has 5 nitrogen and oxygen atoms in total. The monoisotopic (exact) mass is 556 g/mol. The molecule has 35 heavy (non-hydrogen) atoms. The van der Waals surface area contributed by atoms with E-state index in [0.717, 1.165) is 15.6 Å². The molecule has 3 aromatic rings. The number of ether oxygens (including phenoxy) is 1. The Balaban J connectivity index is 1.90. The van der Waals surface area contributed by atoms with Gasteiger partial charge in [-0.3, -0.25) is 9.59 Å². The number of hydrogen-bond acceptors (Lipinski definition) is 3. The SMILES string of the molecule is CC(C)CNC(=O)[C@H](Cc1ccccc1)N(Cc1cccc(Br)c1)C(=O)COc1cccc(Cl)c1. The van der Waals surface area contributed by atoms with E-state index in [2.05, 4.69) is 21.2 Å². The smallest absolute Gasteiger partial charge is 0.261 e. The molecule has 2 amide bonds. The molecule has 0 saturated heterocycles. The van der Waals surface area contributed by atoms with E-state index in [-0.39, 0.29) is 30.9 Å². The highest BCUT2D eigenvalue weighted by atomic mass is 79.9.